The number of carbonyl (C=O) groups is 3. The van der Waals surface area contributed by atoms with Crippen molar-refractivity contribution in [1.29, 1.82) is 0 Å². The first-order valence-electron chi connectivity index (χ1n) is 22.7. The zero-order chi connectivity index (χ0) is 38.9. The number of carboxylic acid groups (broad SMARTS) is 1. The van der Waals surface area contributed by atoms with Crippen molar-refractivity contribution in [2.24, 2.45) is 5.73 Å². The molecule has 2 atom stereocenters. The Kier molecular flexibility index (Phi) is 39.4. The molecule has 2 unspecified atom stereocenters. The van der Waals surface area contributed by atoms with E-state index in [-0.39, 0.29) is 18.0 Å². The molecule has 0 saturated carbocycles. The Labute approximate surface area is 327 Å². The topological polar surface area (TPSA) is 119 Å². The molecule has 0 spiro atoms. The summed E-state index contributed by atoms with van der Waals surface area (Å²) < 4.78 is 5.92. The lowest BCUT2D eigenvalue weighted by atomic mass is 10.0. The molecular formula is C46H86N2O5. The molecule has 0 bridgehead atoms. The number of esters is 1. The molecule has 0 saturated heterocycles. The van der Waals surface area contributed by atoms with Crippen LogP contribution in [0.25, 0.3) is 0 Å². The van der Waals surface area contributed by atoms with Crippen LogP contribution in [0.5, 0.6) is 0 Å². The summed E-state index contributed by atoms with van der Waals surface area (Å²) in [6, 6.07) is -0.869. The first-order valence-corrected chi connectivity index (χ1v) is 22.7. The van der Waals surface area contributed by atoms with Gasteiger partial charge in [0.1, 0.15) is 12.1 Å². The van der Waals surface area contributed by atoms with Crippen LogP contribution in [0.3, 0.4) is 0 Å². The minimum atomic E-state index is -1.01. The highest BCUT2D eigenvalue weighted by Crippen LogP contribution is 2.16. The van der Waals surface area contributed by atoms with Gasteiger partial charge in [0.05, 0.1) is 0 Å². The molecule has 7 heteroatoms. The van der Waals surface area contributed by atoms with Crippen molar-refractivity contribution in [3.05, 3.63) is 24.3 Å². The Morgan fingerprint density at radius 1 is 0.547 bits per heavy atom. The SMILES string of the molecule is CCCCCCC/C=C\C(CCCCCCC(=O)NC(CCCN)C(=O)O)OC(=O)CCCCCCCCCCC/C=C\CCCCCCCCCC. The summed E-state index contributed by atoms with van der Waals surface area (Å²) in [5, 5.41) is 11.9. The number of carboxylic acids is 1. The van der Waals surface area contributed by atoms with E-state index < -0.39 is 12.0 Å². The summed E-state index contributed by atoms with van der Waals surface area (Å²) in [4.78, 5) is 36.3. The molecule has 0 aromatic heterocycles. The number of allylic oxidation sites excluding steroid dienone is 3. The normalized spacial score (nSPS) is 12.8. The van der Waals surface area contributed by atoms with Crippen LogP contribution in [-0.4, -0.2) is 41.6 Å². The average molecular weight is 747 g/mol. The minimum Gasteiger partial charge on any atom is -0.480 e. The van der Waals surface area contributed by atoms with E-state index in [1.54, 1.807) is 0 Å². The van der Waals surface area contributed by atoms with Crippen LogP contribution in [0.1, 0.15) is 232 Å². The number of rotatable bonds is 41. The molecule has 0 aliphatic rings. The van der Waals surface area contributed by atoms with Crippen LogP contribution in [0, 0.1) is 0 Å². The van der Waals surface area contributed by atoms with E-state index in [0.717, 1.165) is 44.9 Å². The third kappa shape index (κ3) is 37.9. The van der Waals surface area contributed by atoms with Gasteiger partial charge in [0.2, 0.25) is 5.91 Å². The third-order valence-electron chi connectivity index (χ3n) is 10.2. The predicted octanol–water partition coefficient (Wildman–Crippen LogP) is 12.8. The zero-order valence-electron chi connectivity index (χ0n) is 34.9. The molecule has 4 N–H and O–H groups in total. The van der Waals surface area contributed by atoms with E-state index in [2.05, 4.69) is 43.5 Å². The molecule has 0 fully saturated rings. The molecular weight excluding hydrogens is 661 g/mol. The summed E-state index contributed by atoms with van der Waals surface area (Å²) in [7, 11) is 0. The van der Waals surface area contributed by atoms with Crippen molar-refractivity contribution >= 4 is 17.8 Å². The smallest absolute Gasteiger partial charge is 0.326 e. The molecule has 0 aliphatic carbocycles. The van der Waals surface area contributed by atoms with Gasteiger partial charge in [-0.2, -0.15) is 0 Å². The highest BCUT2D eigenvalue weighted by atomic mass is 16.5. The number of nitrogens with one attached hydrogen (secondary N) is 1. The molecule has 0 aromatic carbocycles. The molecule has 7 nitrogen and oxygen atoms in total. The van der Waals surface area contributed by atoms with Gasteiger partial charge in [0.25, 0.3) is 0 Å². The number of hydrogen-bond donors (Lipinski definition) is 3. The number of amides is 1. The number of hydrogen-bond acceptors (Lipinski definition) is 5. The number of nitrogens with two attached hydrogens (primary N) is 1. The van der Waals surface area contributed by atoms with Gasteiger partial charge in [-0.05, 0) is 89.7 Å². The summed E-state index contributed by atoms with van der Waals surface area (Å²) >= 11 is 0. The van der Waals surface area contributed by atoms with E-state index in [1.807, 2.05) is 0 Å². The minimum absolute atomic E-state index is 0.0891. The quantitative estimate of drug-likeness (QED) is 0.0325. The van der Waals surface area contributed by atoms with Crippen molar-refractivity contribution < 1.29 is 24.2 Å². The van der Waals surface area contributed by atoms with Gasteiger partial charge in [-0.1, -0.05) is 160 Å². The van der Waals surface area contributed by atoms with Crippen LogP contribution < -0.4 is 11.1 Å². The number of unbranched alkanes of at least 4 members (excludes halogenated alkanes) is 25. The maximum Gasteiger partial charge on any atom is 0.326 e. The van der Waals surface area contributed by atoms with Gasteiger partial charge in [0.15, 0.2) is 0 Å². The van der Waals surface area contributed by atoms with Crippen LogP contribution >= 0.6 is 0 Å². The standard InChI is InChI=1S/C46H86N2O5/c1-3-5-7-9-11-12-13-14-15-16-17-18-19-20-21-22-23-24-26-28-34-40-45(50)53-42(36-31-27-25-10-8-6-4-2)37-32-29-30-33-39-44(49)48-43(46(51)52)38-35-41-47/h16-17,31,36,42-43H,3-15,18-30,32-35,37-41,47H2,1-2H3,(H,48,49)(H,51,52)/b17-16-,36-31-. The lowest BCUT2D eigenvalue weighted by Gasteiger charge is -2.15. The summed E-state index contributed by atoms with van der Waals surface area (Å²) in [5.74, 6) is -1.32. The van der Waals surface area contributed by atoms with Gasteiger partial charge < -0.3 is 20.9 Å². The first-order chi connectivity index (χ1) is 25.9. The Bertz CT molecular complexity index is 889. The summed E-state index contributed by atoms with van der Waals surface area (Å²) in [6.45, 7) is 4.92. The van der Waals surface area contributed by atoms with Crippen molar-refractivity contribution in [2.75, 3.05) is 6.54 Å². The highest BCUT2D eigenvalue weighted by Gasteiger charge is 2.19. The molecule has 1 amide bonds. The Hall–Kier alpha value is -2.15. The second kappa shape index (κ2) is 41.0. The average Bonchev–Trinajstić information content (AvgIpc) is 3.14. The first kappa shape index (κ1) is 50.9. The van der Waals surface area contributed by atoms with E-state index in [1.165, 1.54) is 141 Å². The fourth-order valence-corrected chi connectivity index (χ4v) is 6.77. The second-order valence-electron chi connectivity index (χ2n) is 15.5. The maximum atomic E-state index is 12.7. The number of carbonyl (C=O) groups excluding carboxylic acids is 2. The molecule has 310 valence electrons. The fourth-order valence-electron chi connectivity index (χ4n) is 6.77. The van der Waals surface area contributed by atoms with Crippen molar-refractivity contribution in [1.82, 2.24) is 5.32 Å². The second-order valence-corrected chi connectivity index (χ2v) is 15.5. The van der Waals surface area contributed by atoms with Gasteiger partial charge in [-0.15, -0.1) is 0 Å². The lowest BCUT2D eigenvalue weighted by Crippen LogP contribution is -2.40. The van der Waals surface area contributed by atoms with Crippen molar-refractivity contribution in [3.8, 4) is 0 Å². The Morgan fingerprint density at radius 3 is 1.47 bits per heavy atom. The van der Waals surface area contributed by atoms with Gasteiger partial charge in [-0.3, -0.25) is 9.59 Å². The van der Waals surface area contributed by atoms with Crippen molar-refractivity contribution in [2.45, 2.75) is 244 Å². The van der Waals surface area contributed by atoms with Crippen LogP contribution in [0.2, 0.25) is 0 Å². The number of aliphatic carboxylic acids is 1. The monoisotopic (exact) mass is 747 g/mol. The van der Waals surface area contributed by atoms with Crippen LogP contribution in [-0.2, 0) is 19.1 Å². The molecule has 0 radical (unpaired) electrons. The van der Waals surface area contributed by atoms with Gasteiger partial charge >= 0.3 is 11.9 Å². The molecule has 0 aliphatic heterocycles. The van der Waals surface area contributed by atoms with E-state index >= 15 is 0 Å². The Morgan fingerprint density at radius 2 is 0.981 bits per heavy atom. The Balaban J connectivity index is 4.09. The maximum absolute atomic E-state index is 12.7. The van der Waals surface area contributed by atoms with Gasteiger partial charge in [-0.25, -0.2) is 4.79 Å². The van der Waals surface area contributed by atoms with Crippen LogP contribution in [0.4, 0.5) is 0 Å². The highest BCUT2D eigenvalue weighted by molar-refractivity contribution is 5.83. The summed E-state index contributed by atoms with van der Waals surface area (Å²) in [6.07, 6.45) is 46.8. The largest absolute Gasteiger partial charge is 0.480 e. The molecule has 53 heavy (non-hydrogen) atoms. The lowest BCUT2D eigenvalue weighted by molar-refractivity contribution is -0.147. The third-order valence-corrected chi connectivity index (χ3v) is 10.2. The van der Waals surface area contributed by atoms with E-state index in [0.29, 0.717) is 38.6 Å². The fraction of sp³-hybridized carbons (Fsp3) is 0.848. The molecule has 0 heterocycles. The molecule has 0 rings (SSSR count). The van der Waals surface area contributed by atoms with E-state index in [9.17, 15) is 19.5 Å². The number of ether oxygens (including phenoxy) is 1. The van der Waals surface area contributed by atoms with Crippen LogP contribution in [0.15, 0.2) is 24.3 Å². The molecule has 0 aromatic rings. The predicted molar refractivity (Wildman–Crippen MR) is 225 cm³/mol. The van der Waals surface area contributed by atoms with Gasteiger partial charge in [0, 0.05) is 12.8 Å². The zero-order valence-corrected chi connectivity index (χ0v) is 34.9. The van der Waals surface area contributed by atoms with Crippen molar-refractivity contribution in [3.63, 3.8) is 0 Å². The summed E-state index contributed by atoms with van der Waals surface area (Å²) in [5.41, 5.74) is 5.48. The van der Waals surface area contributed by atoms with E-state index in [4.69, 9.17) is 10.5 Å².